The maximum Gasteiger partial charge on any atom is 0.330 e. The highest BCUT2D eigenvalue weighted by Gasteiger charge is 2.02. The van der Waals surface area contributed by atoms with Crippen LogP contribution in [0.25, 0.3) is 0 Å². The smallest absolute Gasteiger partial charge is 0.330 e. The number of hydrogen-bond acceptors (Lipinski definition) is 7. The lowest BCUT2D eigenvalue weighted by atomic mass is 10.1. The van der Waals surface area contributed by atoms with Gasteiger partial charge in [0.05, 0.1) is 25.9 Å². The Labute approximate surface area is 253 Å². The molecule has 3 aromatic rings. The van der Waals surface area contributed by atoms with E-state index in [2.05, 4.69) is 36.8 Å². The molecule has 0 N–H and O–H groups in total. The van der Waals surface area contributed by atoms with Gasteiger partial charge in [0, 0.05) is 28.8 Å². The van der Waals surface area contributed by atoms with Crippen LogP contribution in [-0.4, -0.2) is 45.5 Å². The highest BCUT2D eigenvalue weighted by atomic mass is 16.6. The highest BCUT2D eigenvalue weighted by Crippen LogP contribution is 2.20. The maximum atomic E-state index is 11.1. The summed E-state index contributed by atoms with van der Waals surface area (Å²) in [5, 5.41) is 0. The fraction of sp³-hybridized carbons (Fsp3) is 0.222. The van der Waals surface area contributed by atoms with Crippen molar-refractivity contribution in [3.63, 3.8) is 0 Å². The van der Waals surface area contributed by atoms with Gasteiger partial charge < -0.3 is 23.7 Å². The molecule has 0 saturated heterocycles. The van der Waals surface area contributed by atoms with Gasteiger partial charge in [-0.2, -0.15) is 0 Å². The summed E-state index contributed by atoms with van der Waals surface area (Å²) >= 11 is 0. The minimum Gasteiger partial charge on any atom is -0.495 e. The standard InChI is InChI=1S/C36H34O7/c1-4-35(37)42-24-8-6-7-23-40-32-19-13-28(14-20-32)9-10-30-12-18-31(34(27-30)39-3)17-11-29-15-21-33(22-16-29)41-25-26-43-36(38)5-2/h4-5,12-16,18-22,27H,1-2,6-8,23-26H2,3H3. The predicted octanol–water partition coefficient (Wildman–Crippen LogP) is 5.88. The first kappa shape index (κ1) is 32.1. The summed E-state index contributed by atoms with van der Waals surface area (Å²) in [6.07, 6.45) is 4.85. The van der Waals surface area contributed by atoms with Crippen LogP contribution < -0.4 is 14.2 Å². The van der Waals surface area contributed by atoms with E-state index in [9.17, 15) is 9.59 Å². The molecule has 0 aliphatic heterocycles. The SMILES string of the molecule is C=CC(=O)OCCCCCOc1ccc(C#Cc2ccc(C#Cc3ccc(OCCOC(=O)C=C)cc3)c(OC)c2)cc1. The third-order valence-corrected chi connectivity index (χ3v) is 5.83. The molecule has 43 heavy (non-hydrogen) atoms. The Morgan fingerprint density at radius 1 is 0.628 bits per heavy atom. The first-order valence-corrected chi connectivity index (χ1v) is 13.8. The molecule has 0 radical (unpaired) electrons. The molecule has 0 unspecified atom stereocenters. The van der Waals surface area contributed by atoms with Crippen molar-refractivity contribution in [3.05, 3.63) is 114 Å². The van der Waals surface area contributed by atoms with Crippen LogP contribution in [0.3, 0.4) is 0 Å². The molecule has 0 fully saturated rings. The number of ether oxygens (including phenoxy) is 5. The molecule has 3 rings (SSSR count). The average molecular weight is 579 g/mol. The van der Waals surface area contributed by atoms with E-state index in [1.165, 1.54) is 6.08 Å². The van der Waals surface area contributed by atoms with Gasteiger partial charge in [0.25, 0.3) is 0 Å². The topological polar surface area (TPSA) is 80.3 Å². The van der Waals surface area contributed by atoms with E-state index >= 15 is 0 Å². The van der Waals surface area contributed by atoms with E-state index in [-0.39, 0.29) is 13.2 Å². The highest BCUT2D eigenvalue weighted by molar-refractivity contribution is 5.81. The lowest BCUT2D eigenvalue weighted by molar-refractivity contribution is -0.139. The lowest BCUT2D eigenvalue weighted by Crippen LogP contribution is -2.10. The summed E-state index contributed by atoms with van der Waals surface area (Å²) < 4.78 is 26.7. The Bertz CT molecular complexity index is 1500. The molecular formula is C36H34O7. The Hall–Kier alpha value is -5.40. The minimum absolute atomic E-state index is 0.148. The molecule has 0 aliphatic rings. The van der Waals surface area contributed by atoms with Gasteiger partial charge in [0.2, 0.25) is 0 Å². The third kappa shape index (κ3) is 11.9. The molecule has 0 saturated carbocycles. The Kier molecular flexibility index (Phi) is 13.5. The molecule has 0 aliphatic carbocycles. The van der Waals surface area contributed by atoms with Gasteiger partial charge in [-0.05, 0) is 86.0 Å². The zero-order valence-corrected chi connectivity index (χ0v) is 24.2. The van der Waals surface area contributed by atoms with Gasteiger partial charge in [-0.25, -0.2) is 9.59 Å². The van der Waals surface area contributed by atoms with E-state index in [4.69, 9.17) is 23.7 Å². The predicted molar refractivity (Wildman–Crippen MR) is 165 cm³/mol. The number of carbonyl (C=O) groups excluding carboxylic acids is 2. The molecule has 7 heteroatoms. The van der Waals surface area contributed by atoms with Crippen molar-refractivity contribution in [3.8, 4) is 40.9 Å². The molecular weight excluding hydrogens is 544 g/mol. The van der Waals surface area contributed by atoms with Crippen LogP contribution >= 0.6 is 0 Å². The van der Waals surface area contributed by atoms with Crippen molar-refractivity contribution in [1.82, 2.24) is 0 Å². The summed E-state index contributed by atoms with van der Waals surface area (Å²) in [5.41, 5.74) is 3.23. The fourth-order valence-corrected chi connectivity index (χ4v) is 3.59. The number of carbonyl (C=O) groups is 2. The minimum atomic E-state index is -0.478. The second-order valence-corrected chi connectivity index (χ2v) is 8.96. The van der Waals surface area contributed by atoms with E-state index in [1.54, 1.807) is 7.11 Å². The van der Waals surface area contributed by atoms with Crippen molar-refractivity contribution in [1.29, 1.82) is 0 Å². The van der Waals surface area contributed by atoms with Crippen LogP contribution in [0.15, 0.2) is 92.0 Å². The Balaban J connectivity index is 1.49. The van der Waals surface area contributed by atoms with Gasteiger partial charge in [0.15, 0.2) is 0 Å². The maximum absolute atomic E-state index is 11.1. The number of esters is 2. The second kappa shape index (κ2) is 18.1. The van der Waals surface area contributed by atoms with Gasteiger partial charge in [0.1, 0.15) is 30.5 Å². The summed E-state index contributed by atoms with van der Waals surface area (Å²) in [4.78, 5) is 22.1. The Morgan fingerprint density at radius 2 is 1.14 bits per heavy atom. The van der Waals surface area contributed by atoms with Crippen molar-refractivity contribution >= 4 is 11.9 Å². The van der Waals surface area contributed by atoms with Crippen LogP contribution in [0, 0.1) is 23.7 Å². The van der Waals surface area contributed by atoms with Gasteiger partial charge in [-0.1, -0.05) is 36.8 Å². The van der Waals surface area contributed by atoms with Crippen molar-refractivity contribution in [2.75, 3.05) is 33.5 Å². The number of unbranched alkanes of at least 4 members (excludes halogenated alkanes) is 2. The lowest BCUT2D eigenvalue weighted by Gasteiger charge is -2.06. The molecule has 220 valence electrons. The van der Waals surface area contributed by atoms with Gasteiger partial charge in [-0.3, -0.25) is 0 Å². The van der Waals surface area contributed by atoms with E-state index in [1.807, 2.05) is 66.7 Å². The van der Waals surface area contributed by atoms with Crippen molar-refractivity contribution < 1.29 is 33.3 Å². The molecule has 0 bridgehead atoms. The van der Waals surface area contributed by atoms with Crippen LogP contribution in [0.1, 0.15) is 41.5 Å². The van der Waals surface area contributed by atoms with Crippen LogP contribution in [-0.2, 0) is 19.1 Å². The van der Waals surface area contributed by atoms with E-state index in [0.717, 1.165) is 53.3 Å². The van der Waals surface area contributed by atoms with Crippen molar-refractivity contribution in [2.45, 2.75) is 19.3 Å². The van der Waals surface area contributed by atoms with E-state index < -0.39 is 11.9 Å². The van der Waals surface area contributed by atoms with Crippen LogP contribution in [0.5, 0.6) is 17.2 Å². The zero-order valence-electron chi connectivity index (χ0n) is 24.2. The molecule has 7 nitrogen and oxygen atoms in total. The summed E-state index contributed by atoms with van der Waals surface area (Å²) in [6, 6.07) is 20.6. The second-order valence-electron chi connectivity index (χ2n) is 8.96. The monoisotopic (exact) mass is 578 g/mol. The first-order valence-electron chi connectivity index (χ1n) is 13.8. The molecule has 0 spiro atoms. The summed E-state index contributed by atoms with van der Waals surface area (Å²) in [5.74, 6) is 13.8. The number of benzene rings is 3. The summed E-state index contributed by atoms with van der Waals surface area (Å²) in [7, 11) is 1.60. The van der Waals surface area contributed by atoms with E-state index in [0.29, 0.717) is 24.7 Å². The zero-order chi connectivity index (χ0) is 30.7. The molecule has 0 atom stereocenters. The van der Waals surface area contributed by atoms with Crippen LogP contribution in [0.2, 0.25) is 0 Å². The number of methoxy groups -OCH3 is 1. The Morgan fingerprint density at radius 3 is 1.74 bits per heavy atom. The molecule has 0 amide bonds. The van der Waals surface area contributed by atoms with Gasteiger partial charge in [-0.15, -0.1) is 0 Å². The molecule has 0 aromatic heterocycles. The largest absolute Gasteiger partial charge is 0.495 e. The fourth-order valence-electron chi connectivity index (χ4n) is 3.59. The van der Waals surface area contributed by atoms with Gasteiger partial charge >= 0.3 is 11.9 Å². The number of rotatable bonds is 14. The molecule has 0 heterocycles. The third-order valence-electron chi connectivity index (χ3n) is 5.83. The number of hydrogen-bond donors (Lipinski definition) is 0. The molecule has 3 aromatic carbocycles. The summed E-state index contributed by atoms with van der Waals surface area (Å²) in [6.45, 7) is 8.10. The van der Waals surface area contributed by atoms with Crippen molar-refractivity contribution in [2.24, 2.45) is 0 Å². The first-order chi connectivity index (χ1) is 21.0. The average Bonchev–Trinajstić information content (AvgIpc) is 3.05. The van der Waals surface area contributed by atoms with Crippen LogP contribution in [0.4, 0.5) is 0 Å². The normalized spacial score (nSPS) is 9.70. The quantitative estimate of drug-likeness (QED) is 0.102.